The van der Waals surface area contributed by atoms with E-state index >= 15 is 0 Å². The van der Waals surface area contributed by atoms with Crippen LogP contribution in [0.1, 0.15) is 13.3 Å². The molecule has 0 unspecified atom stereocenters. The number of methoxy groups -OCH3 is 1. The Kier molecular flexibility index (Phi) is 7.35. The van der Waals surface area contributed by atoms with Crippen LogP contribution in [0.2, 0.25) is 0 Å². The van der Waals surface area contributed by atoms with Crippen molar-refractivity contribution in [1.82, 2.24) is 5.43 Å². The van der Waals surface area contributed by atoms with E-state index in [1.54, 1.807) is 24.3 Å². The Balaban J connectivity index is 1.88. The number of anilines is 2. The number of halogens is 2. The molecule has 0 saturated carbocycles. The zero-order valence-corrected chi connectivity index (χ0v) is 15.6. The third kappa shape index (κ3) is 6.38. The van der Waals surface area contributed by atoms with Crippen molar-refractivity contribution >= 4 is 34.8 Å². The van der Waals surface area contributed by atoms with Crippen molar-refractivity contribution in [1.29, 1.82) is 0 Å². The van der Waals surface area contributed by atoms with E-state index in [0.29, 0.717) is 17.5 Å². The Morgan fingerprint density at radius 3 is 2.41 bits per heavy atom. The van der Waals surface area contributed by atoms with E-state index in [0.717, 1.165) is 12.1 Å². The highest BCUT2D eigenvalue weighted by molar-refractivity contribution is 6.39. The molecule has 10 heteroatoms. The molecular weight excluding hydrogens is 386 g/mol. The Labute approximate surface area is 164 Å². The summed E-state index contributed by atoms with van der Waals surface area (Å²) in [4.78, 5) is 35.7. The summed E-state index contributed by atoms with van der Waals surface area (Å²) in [6.07, 6.45) is -0.286. The molecule has 0 saturated heterocycles. The lowest BCUT2D eigenvalue weighted by Crippen LogP contribution is -2.33. The second kappa shape index (κ2) is 9.93. The first-order chi connectivity index (χ1) is 13.8. The van der Waals surface area contributed by atoms with Crippen LogP contribution >= 0.6 is 0 Å². The fourth-order valence-electron chi connectivity index (χ4n) is 2.18. The molecule has 2 aromatic carbocycles. The van der Waals surface area contributed by atoms with Crippen molar-refractivity contribution in [2.75, 3.05) is 17.7 Å². The molecule has 0 bridgehead atoms. The number of ether oxygens (including phenoxy) is 1. The van der Waals surface area contributed by atoms with Gasteiger partial charge in [-0.1, -0.05) is 12.1 Å². The molecule has 3 amide bonds. The monoisotopic (exact) mass is 404 g/mol. The van der Waals surface area contributed by atoms with E-state index < -0.39 is 29.4 Å². The van der Waals surface area contributed by atoms with E-state index in [2.05, 4.69) is 15.7 Å². The average molecular weight is 404 g/mol. The van der Waals surface area contributed by atoms with Crippen LogP contribution in [0.25, 0.3) is 0 Å². The lowest BCUT2D eigenvalue weighted by Gasteiger charge is -2.09. The van der Waals surface area contributed by atoms with Crippen LogP contribution in [-0.4, -0.2) is 30.5 Å². The molecule has 0 atom stereocenters. The third-order valence-corrected chi connectivity index (χ3v) is 3.53. The summed E-state index contributed by atoms with van der Waals surface area (Å²) >= 11 is 0. The predicted octanol–water partition coefficient (Wildman–Crippen LogP) is 2.43. The number of hydrogen-bond acceptors (Lipinski definition) is 5. The molecule has 0 aliphatic rings. The van der Waals surface area contributed by atoms with E-state index in [1.165, 1.54) is 14.0 Å². The number of amides is 3. The number of carbonyl (C=O) groups is 3. The van der Waals surface area contributed by atoms with E-state index in [1.807, 2.05) is 5.43 Å². The average Bonchev–Trinajstić information content (AvgIpc) is 2.68. The minimum atomic E-state index is -1.06. The van der Waals surface area contributed by atoms with Gasteiger partial charge >= 0.3 is 11.8 Å². The van der Waals surface area contributed by atoms with Gasteiger partial charge in [-0.2, -0.15) is 5.10 Å². The van der Waals surface area contributed by atoms with Crippen molar-refractivity contribution in [2.45, 2.75) is 13.3 Å². The van der Waals surface area contributed by atoms with Crippen LogP contribution in [0.15, 0.2) is 47.6 Å². The molecule has 0 fully saturated rings. The van der Waals surface area contributed by atoms with Crippen molar-refractivity contribution in [3.63, 3.8) is 0 Å². The third-order valence-electron chi connectivity index (χ3n) is 3.53. The quantitative estimate of drug-likeness (QED) is 0.390. The van der Waals surface area contributed by atoms with Crippen molar-refractivity contribution in [2.24, 2.45) is 5.10 Å². The smallest absolute Gasteiger partial charge is 0.329 e. The molecule has 29 heavy (non-hydrogen) atoms. The highest BCUT2D eigenvalue weighted by Gasteiger charge is 2.16. The van der Waals surface area contributed by atoms with Gasteiger partial charge in [0.1, 0.15) is 17.4 Å². The number of hydrazone groups is 1. The van der Waals surface area contributed by atoms with Crippen LogP contribution < -0.4 is 20.8 Å². The van der Waals surface area contributed by atoms with Crippen molar-refractivity contribution in [3.8, 4) is 5.75 Å². The Bertz CT molecular complexity index is 963. The standard InChI is InChI=1S/C19H18F2N4O4/c1-11(9-17(26)22-14-8-7-12(20)10-13(14)21)24-25-19(28)18(27)23-15-5-3-4-6-16(15)29-2/h3-8,10H,9H2,1-2H3,(H,22,26)(H,23,27)(H,25,28)/b24-11+. The first-order valence-electron chi connectivity index (χ1n) is 8.32. The number of benzene rings is 2. The highest BCUT2D eigenvalue weighted by Crippen LogP contribution is 2.22. The summed E-state index contributed by atoms with van der Waals surface area (Å²) in [5.41, 5.74) is 2.29. The summed E-state index contributed by atoms with van der Waals surface area (Å²) in [6.45, 7) is 1.43. The maximum absolute atomic E-state index is 13.5. The molecule has 0 aromatic heterocycles. The molecular formula is C19H18F2N4O4. The topological polar surface area (TPSA) is 109 Å². The normalized spacial score (nSPS) is 10.8. The van der Waals surface area contributed by atoms with E-state index in [-0.39, 0.29) is 17.8 Å². The van der Waals surface area contributed by atoms with Gasteiger partial charge in [-0.15, -0.1) is 0 Å². The van der Waals surface area contributed by atoms with Gasteiger partial charge in [0.05, 0.1) is 24.9 Å². The van der Waals surface area contributed by atoms with Crippen LogP contribution in [0.4, 0.5) is 20.2 Å². The van der Waals surface area contributed by atoms with Gasteiger partial charge in [-0.05, 0) is 31.2 Å². The number of para-hydroxylation sites is 2. The van der Waals surface area contributed by atoms with Crippen LogP contribution in [0, 0.1) is 11.6 Å². The summed E-state index contributed by atoms with van der Waals surface area (Å²) in [5, 5.41) is 8.29. The molecule has 8 nitrogen and oxygen atoms in total. The summed E-state index contributed by atoms with van der Waals surface area (Å²) in [6, 6.07) is 9.23. The fraction of sp³-hybridized carbons (Fsp3) is 0.158. The lowest BCUT2D eigenvalue weighted by molar-refractivity contribution is -0.136. The van der Waals surface area contributed by atoms with Crippen molar-refractivity contribution < 1.29 is 27.9 Å². The number of carbonyl (C=O) groups excluding carboxylic acids is 3. The summed E-state index contributed by atoms with van der Waals surface area (Å²) in [5.74, 6) is -3.99. The molecule has 0 heterocycles. The number of hydrogen-bond donors (Lipinski definition) is 3. The predicted molar refractivity (Wildman–Crippen MR) is 102 cm³/mol. The number of nitrogens with zero attached hydrogens (tertiary/aromatic N) is 1. The molecule has 2 aromatic rings. The Morgan fingerprint density at radius 2 is 1.72 bits per heavy atom. The molecule has 0 aliphatic carbocycles. The second-order valence-corrected chi connectivity index (χ2v) is 5.79. The highest BCUT2D eigenvalue weighted by atomic mass is 19.1. The maximum Gasteiger partial charge on any atom is 0.329 e. The van der Waals surface area contributed by atoms with Gasteiger partial charge in [-0.3, -0.25) is 14.4 Å². The number of nitrogens with one attached hydrogen (secondary N) is 3. The van der Waals surface area contributed by atoms with E-state index in [4.69, 9.17) is 4.74 Å². The van der Waals surface area contributed by atoms with E-state index in [9.17, 15) is 23.2 Å². The van der Waals surface area contributed by atoms with Gasteiger partial charge in [0, 0.05) is 11.8 Å². The maximum atomic E-state index is 13.5. The molecule has 152 valence electrons. The molecule has 2 rings (SSSR count). The SMILES string of the molecule is COc1ccccc1NC(=O)C(=O)N/N=C(\C)CC(=O)Nc1ccc(F)cc1F. The molecule has 0 radical (unpaired) electrons. The summed E-state index contributed by atoms with van der Waals surface area (Å²) < 4.78 is 31.5. The van der Waals surface area contributed by atoms with Gasteiger partial charge < -0.3 is 15.4 Å². The van der Waals surface area contributed by atoms with Crippen LogP contribution in [0.5, 0.6) is 5.75 Å². The number of rotatable bonds is 6. The largest absolute Gasteiger partial charge is 0.495 e. The summed E-state index contributed by atoms with van der Waals surface area (Å²) in [7, 11) is 1.42. The van der Waals surface area contributed by atoms with Gasteiger partial charge in [0.15, 0.2) is 0 Å². The Morgan fingerprint density at radius 1 is 1.00 bits per heavy atom. The first-order valence-corrected chi connectivity index (χ1v) is 8.32. The van der Waals surface area contributed by atoms with Crippen LogP contribution in [-0.2, 0) is 14.4 Å². The molecule has 3 N–H and O–H groups in total. The van der Waals surface area contributed by atoms with Gasteiger partial charge in [-0.25, -0.2) is 14.2 Å². The molecule has 0 aliphatic heterocycles. The Hall–Kier alpha value is -3.82. The fourth-order valence-corrected chi connectivity index (χ4v) is 2.18. The lowest BCUT2D eigenvalue weighted by atomic mass is 10.2. The second-order valence-electron chi connectivity index (χ2n) is 5.79. The van der Waals surface area contributed by atoms with Gasteiger partial charge in [0.25, 0.3) is 0 Å². The zero-order chi connectivity index (χ0) is 21.4. The van der Waals surface area contributed by atoms with Crippen molar-refractivity contribution in [3.05, 3.63) is 54.1 Å². The van der Waals surface area contributed by atoms with Crippen LogP contribution in [0.3, 0.4) is 0 Å². The first kappa shape index (κ1) is 21.5. The molecule has 0 spiro atoms. The van der Waals surface area contributed by atoms with Gasteiger partial charge in [0.2, 0.25) is 5.91 Å². The zero-order valence-electron chi connectivity index (χ0n) is 15.6. The minimum Gasteiger partial charge on any atom is -0.495 e. The minimum absolute atomic E-state index is 0.156.